The van der Waals surface area contributed by atoms with E-state index in [0.29, 0.717) is 17.9 Å². The van der Waals surface area contributed by atoms with Crippen molar-refractivity contribution in [3.8, 4) is 0 Å². The minimum Gasteiger partial charge on any atom is -0.446 e. The van der Waals surface area contributed by atoms with Gasteiger partial charge in [-0.25, -0.2) is 4.79 Å². The number of nitrogens with one attached hydrogen (secondary N) is 1. The van der Waals surface area contributed by atoms with Crippen LogP contribution in [-0.4, -0.2) is 24.8 Å². The lowest BCUT2D eigenvalue weighted by molar-refractivity contribution is 0.125. The second-order valence-electron chi connectivity index (χ2n) is 5.83. The van der Waals surface area contributed by atoms with Gasteiger partial charge in [-0.1, -0.05) is 13.3 Å². The number of carbonyl (C=O) groups is 1. The highest BCUT2D eigenvalue weighted by Gasteiger charge is 2.40. The quantitative estimate of drug-likeness (QED) is 0.792. The number of carbonyl (C=O) groups excluding carboxylic acids is 1. The number of rotatable bonds is 5. The fourth-order valence-corrected chi connectivity index (χ4v) is 2.92. The zero-order valence-electron chi connectivity index (χ0n) is 11.4. The van der Waals surface area contributed by atoms with Crippen molar-refractivity contribution in [3.63, 3.8) is 0 Å². The zero-order valence-corrected chi connectivity index (χ0v) is 11.4. The number of hydrogen-bond donors (Lipinski definition) is 2. The molecule has 0 aliphatic heterocycles. The lowest BCUT2D eigenvalue weighted by Gasteiger charge is -2.27. The van der Waals surface area contributed by atoms with E-state index >= 15 is 0 Å². The summed E-state index contributed by atoms with van der Waals surface area (Å²) in [6, 6.07) is 0.295. The number of ether oxygens (including phenoxy) is 1. The van der Waals surface area contributed by atoms with Gasteiger partial charge in [0.2, 0.25) is 0 Å². The zero-order chi connectivity index (χ0) is 13.0. The Morgan fingerprint density at radius 2 is 2.06 bits per heavy atom. The van der Waals surface area contributed by atoms with Gasteiger partial charge in [0, 0.05) is 6.04 Å². The van der Waals surface area contributed by atoms with Gasteiger partial charge in [-0.3, -0.25) is 0 Å². The van der Waals surface area contributed by atoms with Crippen LogP contribution in [0.25, 0.3) is 0 Å². The second kappa shape index (κ2) is 6.41. The molecule has 2 fully saturated rings. The maximum Gasteiger partial charge on any atom is 0.407 e. The third-order valence-electron chi connectivity index (χ3n) is 4.28. The number of alkyl carbamates (subject to hydrolysis) is 1. The van der Waals surface area contributed by atoms with Crippen LogP contribution in [-0.2, 0) is 4.74 Å². The smallest absolute Gasteiger partial charge is 0.407 e. The summed E-state index contributed by atoms with van der Waals surface area (Å²) in [6.45, 7) is 2.95. The molecule has 4 heteroatoms. The molecule has 4 nitrogen and oxygen atoms in total. The Balaban J connectivity index is 1.60. The Morgan fingerprint density at radius 1 is 1.33 bits per heavy atom. The molecule has 18 heavy (non-hydrogen) atoms. The van der Waals surface area contributed by atoms with E-state index < -0.39 is 0 Å². The molecule has 2 saturated carbocycles. The highest BCUT2D eigenvalue weighted by Crippen LogP contribution is 2.37. The molecule has 0 saturated heterocycles. The fraction of sp³-hybridized carbons (Fsp3) is 0.929. The summed E-state index contributed by atoms with van der Waals surface area (Å²) in [4.78, 5) is 11.7. The first-order valence-corrected chi connectivity index (χ1v) is 7.40. The number of hydrogen-bond acceptors (Lipinski definition) is 3. The molecule has 0 bridgehead atoms. The van der Waals surface area contributed by atoms with Crippen molar-refractivity contribution in [3.05, 3.63) is 0 Å². The average Bonchev–Trinajstić information content (AvgIpc) is 3.08. The Kier molecular flexibility index (Phi) is 4.87. The van der Waals surface area contributed by atoms with Gasteiger partial charge < -0.3 is 15.8 Å². The maximum atomic E-state index is 11.7. The van der Waals surface area contributed by atoms with Crippen molar-refractivity contribution in [2.45, 2.75) is 64.0 Å². The summed E-state index contributed by atoms with van der Waals surface area (Å²) in [6.07, 6.45) is 7.73. The molecule has 2 aliphatic carbocycles. The monoisotopic (exact) mass is 254 g/mol. The molecular formula is C14H26N2O2. The predicted molar refractivity (Wildman–Crippen MR) is 71.2 cm³/mol. The summed E-state index contributed by atoms with van der Waals surface area (Å²) < 4.78 is 5.41. The van der Waals surface area contributed by atoms with Gasteiger partial charge in [0.05, 0.1) is 0 Å². The van der Waals surface area contributed by atoms with E-state index in [1.54, 1.807) is 0 Å². The van der Waals surface area contributed by atoms with Crippen molar-refractivity contribution >= 4 is 6.09 Å². The summed E-state index contributed by atoms with van der Waals surface area (Å²) in [5, 5.41) is 3.00. The van der Waals surface area contributed by atoms with Crippen molar-refractivity contribution < 1.29 is 9.53 Å². The van der Waals surface area contributed by atoms with Crippen molar-refractivity contribution in [2.24, 2.45) is 17.6 Å². The first-order chi connectivity index (χ1) is 8.72. The van der Waals surface area contributed by atoms with Crippen LogP contribution in [0.3, 0.4) is 0 Å². The van der Waals surface area contributed by atoms with E-state index in [1.807, 2.05) is 0 Å². The van der Waals surface area contributed by atoms with Crippen molar-refractivity contribution in [1.82, 2.24) is 5.32 Å². The Labute approximate surface area is 110 Å². The standard InChI is InChI=1S/C14H26N2O2/c1-2-3-11-8-13(11)18-14(17)16-12-6-4-10(9-15)5-7-12/h10-13H,2-9,15H2,1H3,(H,16,17). The van der Waals surface area contributed by atoms with Crippen LogP contribution in [0.2, 0.25) is 0 Å². The van der Waals surface area contributed by atoms with E-state index in [1.165, 1.54) is 12.8 Å². The fourth-order valence-electron chi connectivity index (χ4n) is 2.92. The molecule has 0 spiro atoms. The van der Waals surface area contributed by atoms with E-state index in [0.717, 1.165) is 38.6 Å². The summed E-state index contributed by atoms with van der Waals surface area (Å²) >= 11 is 0. The molecule has 0 aromatic rings. The van der Waals surface area contributed by atoms with Gasteiger partial charge in [0.15, 0.2) is 0 Å². The van der Waals surface area contributed by atoms with Crippen LogP contribution in [0.4, 0.5) is 4.79 Å². The number of amides is 1. The maximum absolute atomic E-state index is 11.7. The van der Waals surface area contributed by atoms with Gasteiger partial charge in [-0.15, -0.1) is 0 Å². The van der Waals surface area contributed by atoms with E-state index in [9.17, 15) is 4.79 Å². The van der Waals surface area contributed by atoms with Crippen LogP contribution in [0.1, 0.15) is 51.9 Å². The topological polar surface area (TPSA) is 64.3 Å². The molecule has 2 aliphatic rings. The molecule has 3 N–H and O–H groups in total. The Hall–Kier alpha value is -0.770. The highest BCUT2D eigenvalue weighted by molar-refractivity contribution is 5.68. The van der Waals surface area contributed by atoms with Gasteiger partial charge in [0.25, 0.3) is 0 Å². The first kappa shape index (κ1) is 13.7. The molecule has 0 aromatic heterocycles. The second-order valence-corrected chi connectivity index (χ2v) is 5.83. The molecule has 0 heterocycles. The highest BCUT2D eigenvalue weighted by atomic mass is 16.6. The molecule has 2 rings (SSSR count). The summed E-state index contributed by atoms with van der Waals surface area (Å²) in [7, 11) is 0. The SMILES string of the molecule is CCCC1CC1OC(=O)NC1CCC(CN)CC1. The lowest BCUT2D eigenvalue weighted by Crippen LogP contribution is -2.39. The van der Waals surface area contributed by atoms with Gasteiger partial charge in [-0.2, -0.15) is 0 Å². The Morgan fingerprint density at radius 3 is 2.67 bits per heavy atom. The van der Waals surface area contributed by atoms with Crippen LogP contribution in [0.5, 0.6) is 0 Å². The Bertz CT molecular complexity index is 275. The predicted octanol–water partition coefficient (Wildman–Crippen LogP) is 2.42. The van der Waals surface area contributed by atoms with Crippen molar-refractivity contribution in [2.75, 3.05) is 6.54 Å². The van der Waals surface area contributed by atoms with E-state index in [2.05, 4.69) is 12.2 Å². The summed E-state index contributed by atoms with van der Waals surface area (Å²) in [5.74, 6) is 1.27. The van der Waals surface area contributed by atoms with Crippen LogP contribution < -0.4 is 11.1 Å². The third kappa shape index (κ3) is 3.87. The molecule has 1 amide bonds. The van der Waals surface area contributed by atoms with Crippen LogP contribution >= 0.6 is 0 Å². The molecular weight excluding hydrogens is 228 g/mol. The molecule has 2 atom stereocenters. The van der Waals surface area contributed by atoms with Gasteiger partial charge in [-0.05, 0) is 56.9 Å². The molecule has 2 unspecified atom stereocenters. The van der Waals surface area contributed by atoms with Gasteiger partial charge >= 0.3 is 6.09 Å². The molecule has 0 aromatic carbocycles. The number of nitrogens with two attached hydrogens (primary N) is 1. The van der Waals surface area contributed by atoms with Crippen LogP contribution in [0.15, 0.2) is 0 Å². The van der Waals surface area contributed by atoms with Crippen molar-refractivity contribution in [1.29, 1.82) is 0 Å². The minimum absolute atomic E-state index is 0.185. The van der Waals surface area contributed by atoms with E-state index in [-0.39, 0.29) is 12.2 Å². The van der Waals surface area contributed by atoms with Crippen LogP contribution in [0, 0.1) is 11.8 Å². The minimum atomic E-state index is -0.213. The largest absolute Gasteiger partial charge is 0.446 e. The molecule has 0 radical (unpaired) electrons. The first-order valence-electron chi connectivity index (χ1n) is 7.40. The average molecular weight is 254 g/mol. The lowest BCUT2D eigenvalue weighted by atomic mass is 9.86. The molecule has 104 valence electrons. The third-order valence-corrected chi connectivity index (χ3v) is 4.28. The normalized spacial score (nSPS) is 35.0. The summed E-state index contributed by atoms with van der Waals surface area (Å²) in [5.41, 5.74) is 5.66. The van der Waals surface area contributed by atoms with Gasteiger partial charge in [0.1, 0.15) is 6.10 Å². The van der Waals surface area contributed by atoms with E-state index in [4.69, 9.17) is 10.5 Å².